The van der Waals surface area contributed by atoms with E-state index in [1.54, 1.807) is 19.1 Å². The molecule has 9 heteroatoms. The molecule has 4 rings (SSSR count). The van der Waals surface area contributed by atoms with Gasteiger partial charge in [0.15, 0.2) is 0 Å². The zero-order valence-corrected chi connectivity index (χ0v) is 17.5. The molecule has 0 saturated carbocycles. The van der Waals surface area contributed by atoms with Gasteiger partial charge in [0, 0.05) is 30.0 Å². The van der Waals surface area contributed by atoms with E-state index in [1.165, 1.54) is 13.2 Å². The Morgan fingerprint density at radius 1 is 1.26 bits per heavy atom. The number of rotatable bonds is 3. The molecule has 0 radical (unpaired) electrons. The second-order valence-corrected chi connectivity index (χ2v) is 7.95. The second-order valence-electron chi connectivity index (χ2n) is 7.95. The molecule has 0 bridgehead atoms. The summed E-state index contributed by atoms with van der Waals surface area (Å²) in [4.78, 5) is 19.2. The van der Waals surface area contributed by atoms with Crippen molar-refractivity contribution >= 4 is 11.6 Å². The highest BCUT2D eigenvalue weighted by molar-refractivity contribution is 6.02. The first-order valence-electron chi connectivity index (χ1n) is 10.1. The van der Waals surface area contributed by atoms with E-state index in [9.17, 15) is 18.0 Å². The number of benzene rings is 1. The Hall–Kier alpha value is -2.81. The summed E-state index contributed by atoms with van der Waals surface area (Å²) in [6.45, 7) is 4.79. The zero-order chi connectivity index (χ0) is 22.3. The van der Waals surface area contributed by atoms with Crippen LogP contribution in [0, 0.1) is 12.8 Å². The van der Waals surface area contributed by atoms with E-state index in [2.05, 4.69) is 10.3 Å². The summed E-state index contributed by atoms with van der Waals surface area (Å²) in [5.41, 5.74) is 1.05. The van der Waals surface area contributed by atoms with Crippen LogP contribution in [0.25, 0.3) is 0 Å². The van der Waals surface area contributed by atoms with Crippen molar-refractivity contribution in [3.05, 3.63) is 52.7 Å². The summed E-state index contributed by atoms with van der Waals surface area (Å²) in [5, 5.41) is 2.98. The molecule has 1 fully saturated rings. The molecule has 0 spiro atoms. The lowest BCUT2D eigenvalue weighted by molar-refractivity contribution is -0.137. The lowest BCUT2D eigenvalue weighted by Gasteiger charge is -2.47. The SMILES string of the molecule is COc1ccc(C2NC(=O)c3ccc(C(F)(F)F)cc3N2[C@@H]2CCOC[C@@H]2C)c(C)n1. The van der Waals surface area contributed by atoms with Crippen LogP contribution in [0.5, 0.6) is 5.88 Å². The number of nitrogens with one attached hydrogen (secondary N) is 1. The number of methoxy groups -OCH3 is 1. The molecular formula is C22H24F3N3O3. The van der Waals surface area contributed by atoms with Crippen molar-refractivity contribution in [3.8, 4) is 5.88 Å². The number of fused-ring (bicyclic) bond motifs is 1. The van der Waals surface area contributed by atoms with Crippen LogP contribution in [-0.4, -0.2) is 37.3 Å². The first kappa shape index (κ1) is 21.4. The van der Waals surface area contributed by atoms with Gasteiger partial charge >= 0.3 is 6.18 Å². The molecule has 2 aliphatic heterocycles. The van der Waals surface area contributed by atoms with Crippen molar-refractivity contribution in [2.75, 3.05) is 25.2 Å². The number of ether oxygens (including phenoxy) is 2. The molecule has 1 aromatic carbocycles. The van der Waals surface area contributed by atoms with E-state index in [0.29, 0.717) is 36.8 Å². The Morgan fingerprint density at radius 3 is 2.68 bits per heavy atom. The topological polar surface area (TPSA) is 63.7 Å². The minimum Gasteiger partial charge on any atom is -0.481 e. The molecule has 1 aromatic heterocycles. The van der Waals surface area contributed by atoms with E-state index < -0.39 is 23.8 Å². The first-order valence-corrected chi connectivity index (χ1v) is 10.1. The number of carbonyl (C=O) groups excluding carboxylic acids is 1. The fraction of sp³-hybridized carbons (Fsp3) is 0.455. The minimum absolute atomic E-state index is 0.0557. The number of pyridine rings is 1. The molecule has 31 heavy (non-hydrogen) atoms. The Bertz CT molecular complexity index is 996. The van der Waals surface area contributed by atoms with Gasteiger partial charge < -0.3 is 19.7 Å². The molecule has 6 nitrogen and oxygen atoms in total. The monoisotopic (exact) mass is 435 g/mol. The zero-order valence-electron chi connectivity index (χ0n) is 17.5. The summed E-state index contributed by atoms with van der Waals surface area (Å²) in [6.07, 6.45) is -4.54. The van der Waals surface area contributed by atoms with Crippen molar-refractivity contribution in [2.24, 2.45) is 5.92 Å². The van der Waals surface area contributed by atoms with Gasteiger partial charge in [0.25, 0.3) is 5.91 Å². The minimum atomic E-state index is -4.51. The van der Waals surface area contributed by atoms with Crippen LogP contribution >= 0.6 is 0 Å². The molecule has 2 aromatic rings. The van der Waals surface area contributed by atoms with Gasteiger partial charge in [-0.25, -0.2) is 4.98 Å². The number of anilines is 1. The number of alkyl halides is 3. The molecule has 166 valence electrons. The third-order valence-electron chi connectivity index (χ3n) is 5.95. The highest BCUT2D eigenvalue weighted by atomic mass is 19.4. The van der Waals surface area contributed by atoms with Crippen molar-refractivity contribution in [2.45, 2.75) is 38.7 Å². The third kappa shape index (κ3) is 3.94. The van der Waals surface area contributed by atoms with Crippen molar-refractivity contribution in [1.82, 2.24) is 10.3 Å². The van der Waals surface area contributed by atoms with Gasteiger partial charge in [-0.3, -0.25) is 4.79 Å². The summed E-state index contributed by atoms with van der Waals surface area (Å²) < 4.78 is 51.3. The number of aryl methyl sites for hydroxylation is 1. The van der Waals surface area contributed by atoms with Crippen LogP contribution in [-0.2, 0) is 10.9 Å². The number of amides is 1. The van der Waals surface area contributed by atoms with Gasteiger partial charge in [-0.1, -0.05) is 6.92 Å². The lowest BCUT2D eigenvalue weighted by atomic mass is 9.91. The molecule has 1 N–H and O–H groups in total. The molecule has 1 saturated heterocycles. The average molecular weight is 435 g/mol. The maximum Gasteiger partial charge on any atom is 0.416 e. The van der Waals surface area contributed by atoms with E-state index in [4.69, 9.17) is 9.47 Å². The predicted molar refractivity (Wildman–Crippen MR) is 108 cm³/mol. The third-order valence-corrected chi connectivity index (χ3v) is 5.95. The predicted octanol–water partition coefficient (Wildman–Crippen LogP) is 4.09. The molecule has 0 aliphatic carbocycles. The van der Waals surface area contributed by atoms with Gasteiger partial charge in [-0.15, -0.1) is 0 Å². The number of hydrogen-bond acceptors (Lipinski definition) is 5. The maximum absolute atomic E-state index is 13.5. The Balaban J connectivity index is 1.88. The van der Waals surface area contributed by atoms with Gasteiger partial charge in [0.2, 0.25) is 5.88 Å². The second kappa shape index (κ2) is 8.03. The number of halogens is 3. The van der Waals surface area contributed by atoms with Crippen LogP contribution in [0.2, 0.25) is 0 Å². The fourth-order valence-electron chi connectivity index (χ4n) is 4.36. The number of hydrogen-bond donors (Lipinski definition) is 1. The van der Waals surface area contributed by atoms with E-state index in [-0.39, 0.29) is 23.2 Å². The van der Waals surface area contributed by atoms with E-state index in [0.717, 1.165) is 12.1 Å². The van der Waals surface area contributed by atoms with Gasteiger partial charge in [0.05, 0.1) is 30.5 Å². The van der Waals surface area contributed by atoms with Gasteiger partial charge in [0.1, 0.15) is 6.17 Å². The van der Waals surface area contributed by atoms with Crippen LogP contribution < -0.4 is 15.0 Å². The van der Waals surface area contributed by atoms with E-state index in [1.807, 2.05) is 11.8 Å². The van der Waals surface area contributed by atoms with Crippen LogP contribution in [0.1, 0.15) is 46.7 Å². The highest BCUT2D eigenvalue weighted by Crippen LogP contribution is 2.42. The summed E-state index contributed by atoms with van der Waals surface area (Å²) in [5.74, 6) is 0.0641. The fourth-order valence-corrected chi connectivity index (χ4v) is 4.36. The summed E-state index contributed by atoms with van der Waals surface area (Å²) >= 11 is 0. The maximum atomic E-state index is 13.5. The standard InChI is InChI=1S/C22H24F3N3O3/c1-12-11-31-9-8-17(12)28-18-10-14(22(23,24)25)4-5-16(18)21(29)27-20(28)15-6-7-19(30-3)26-13(15)2/h4-7,10,12,17,20H,8-9,11H2,1-3H3,(H,27,29)/t12-,17+,20?/m0/s1. The number of carbonyl (C=O) groups is 1. The van der Waals surface area contributed by atoms with Crippen LogP contribution in [0.4, 0.5) is 18.9 Å². The Labute approximate surface area is 178 Å². The molecule has 1 amide bonds. The summed E-state index contributed by atoms with van der Waals surface area (Å²) in [6, 6.07) is 6.63. The van der Waals surface area contributed by atoms with Crippen molar-refractivity contribution < 1.29 is 27.4 Å². The Morgan fingerprint density at radius 2 is 2.03 bits per heavy atom. The largest absolute Gasteiger partial charge is 0.481 e. The highest BCUT2D eigenvalue weighted by Gasteiger charge is 2.41. The van der Waals surface area contributed by atoms with Gasteiger partial charge in [-0.2, -0.15) is 13.2 Å². The van der Waals surface area contributed by atoms with Crippen molar-refractivity contribution in [1.29, 1.82) is 0 Å². The first-order chi connectivity index (χ1) is 14.7. The normalized spacial score (nSPS) is 23.9. The van der Waals surface area contributed by atoms with Gasteiger partial charge in [-0.05, 0) is 43.5 Å². The molecular weight excluding hydrogens is 411 g/mol. The molecule has 3 heterocycles. The Kier molecular flexibility index (Phi) is 5.55. The smallest absolute Gasteiger partial charge is 0.416 e. The number of aromatic nitrogens is 1. The average Bonchev–Trinajstić information content (AvgIpc) is 2.73. The number of nitrogens with zero attached hydrogens (tertiary/aromatic N) is 2. The van der Waals surface area contributed by atoms with Crippen molar-refractivity contribution in [3.63, 3.8) is 0 Å². The van der Waals surface area contributed by atoms with Crippen LogP contribution in [0.15, 0.2) is 30.3 Å². The van der Waals surface area contributed by atoms with E-state index >= 15 is 0 Å². The molecule has 2 aliphatic rings. The quantitative estimate of drug-likeness (QED) is 0.787. The molecule has 3 atom stereocenters. The van der Waals surface area contributed by atoms with Crippen LogP contribution in [0.3, 0.4) is 0 Å². The summed E-state index contributed by atoms with van der Waals surface area (Å²) in [7, 11) is 1.51. The lowest BCUT2D eigenvalue weighted by Crippen LogP contribution is -2.55. The molecule has 1 unspecified atom stereocenters.